The molecule has 0 bridgehead atoms. The Bertz CT molecular complexity index is 613. The number of alkyl carbamates (subject to hydrolysis) is 1. The van der Waals surface area contributed by atoms with Crippen LogP contribution in [0.2, 0.25) is 0 Å². The molecule has 0 radical (unpaired) electrons. The molecule has 3 rings (SSSR count). The predicted molar refractivity (Wildman–Crippen MR) is 82.1 cm³/mol. The van der Waals surface area contributed by atoms with Gasteiger partial charge in [0.1, 0.15) is 6.61 Å². The second kappa shape index (κ2) is 6.31. The van der Waals surface area contributed by atoms with Gasteiger partial charge in [-0.1, -0.05) is 48.5 Å². The van der Waals surface area contributed by atoms with Crippen LogP contribution in [0.3, 0.4) is 0 Å². The average Bonchev–Trinajstić information content (AvgIpc) is 2.54. The number of benzene rings is 2. The fourth-order valence-electron chi connectivity index (χ4n) is 2.53. The van der Waals surface area contributed by atoms with Gasteiger partial charge in [0.2, 0.25) is 0 Å². The van der Waals surface area contributed by atoms with Crippen molar-refractivity contribution in [1.82, 2.24) is 5.32 Å². The molecule has 108 valence electrons. The van der Waals surface area contributed by atoms with E-state index in [1.807, 2.05) is 54.6 Å². The molecule has 1 amide bonds. The number of carbonyl (C=O) groups is 1. The van der Waals surface area contributed by atoms with Gasteiger partial charge in [0, 0.05) is 12.2 Å². The van der Waals surface area contributed by atoms with Gasteiger partial charge in [-0.3, -0.25) is 0 Å². The van der Waals surface area contributed by atoms with Crippen LogP contribution < -0.4 is 10.6 Å². The molecule has 0 spiro atoms. The molecule has 1 heterocycles. The molecule has 2 aromatic carbocycles. The molecule has 2 aromatic rings. The number of nitrogens with one attached hydrogen (secondary N) is 2. The number of anilines is 1. The maximum atomic E-state index is 11.9. The van der Waals surface area contributed by atoms with Crippen LogP contribution in [-0.4, -0.2) is 12.6 Å². The molecule has 21 heavy (non-hydrogen) atoms. The monoisotopic (exact) mass is 282 g/mol. The number of para-hydroxylation sites is 1. The highest BCUT2D eigenvalue weighted by Gasteiger charge is 2.21. The van der Waals surface area contributed by atoms with Crippen LogP contribution in [0.25, 0.3) is 0 Å². The van der Waals surface area contributed by atoms with Crippen molar-refractivity contribution >= 4 is 11.8 Å². The topological polar surface area (TPSA) is 50.4 Å². The van der Waals surface area contributed by atoms with Crippen LogP contribution in [0.1, 0.15) is 23.6 Å². The summed E-state index contributed by atoms with van der Waals surface area (Å²) in [5.41, 5.74) is 3.18. The van der Waals surface area contributed by atoms with Crippen LogP contribution in [0.15, 0.2) is 54.6 Å². The first-order chi connectivity index (χ1) is 10.3. The summed E-state index contributed by atoms with van der Waals surface area (Å²) in [6.07, 6.45) is 0.484. The lowest BCUT2D eigenvalue weighted by atomic mass is 9.98. The van der Waals surface area contributed by atoms with Gasteiger partial charge in [-0.15, -0.1) is 0 Å². The van der Waals surface area contributed by atoms with Crippen molar-refractivity contribution in [3.8, 4) is 0 Å². The van der Waals surface area contributed by atoms with Gasteiger partial charge in [0.15, 0.2) is 0 Å². The van der Waals surface area contributed by atoms with Crippen molar-refractivity contribution in [2.24, 2.45) is 0 Å². The van der Waals surface area contributed by atoms with Crippen LogP contribution in [0.4, 0.5) is 10.5 Å². The minimum Gasteiger partial charge on any atom is -0.445 e. The van der Waals surface area contributed by atoms with Crippen molar-refractivity contribution in [3.63, 3.8) is 0 Å². The number of hydrogen-bond donors (Lipinski definition) is 2. The molecule has 0 saturated heterocycles. The number of rotatable bonds is 3. The Morgan fingerprint density at radius 2 is 1.90 bits per heavy atom. The summed E-state index contributed by atoms with van der Waals surface area (Å²) in [5.74, 6) is 0. The number of carbonyl (C=O) groups excluding carboxylic acids is 1. The zero-order chi connectivity index (χ0) is 14.5. The largest absolute Gasteiger partial charge is 0.445 e. The summed E-state index contributed by atoms with van der Waals surface area (Å²) in [4.78, 5) is 11.9. The summed E-state index contributed by atoms with van der Waals surface area (Å²) in [6, 6.07) is 17.7. The summed E-state index contributed by atoms with van der Waals surface area (Å²) in [6.45, 7) is 1.14. The maximum absolute atomic E-state index is 11.9. The molecule has 0 saturated carbocycles. The molecular formula is C17H18N2O2. The molecule has 1 aliphatic rings. The molecule has 1 atom stereocenters. The molecule has 0 aromatic heterocycles. The van der Waals surface area contributed by atoms with E-state index in [-0.39, 0.29) is 12.1 Å². The third-order valence-corrected chi connectivity index (χ3v) is 3.59. The molecule has 4 nitrogen and oxygen atoms in total. The van der Waals surface area contributed by atoms with Crippen LogP contribution >= 0.6 is 0 Å². The Balaban J connectivity index is 1.58. The van der Waals surface area contributed by atoms with Gasteiger partial charge in [0.25, 0.3) is 0 Å². The fraction of sp³-hybridized carbons (Fsp3) is 0.235. The van der Waals surface area contributed by atoms with E-state index < -0.39 is 0 Å². The smallest absolute Gasteiger partial charge is 0.407 e. The first-order valence-electron chi connectivity index (χ1n) is 7.13. The Morgan fingerprint density at radius 1 is 1.14 bits per heavy atom. The summed E-state index contributed by atoms with van der Waals surface area (Å²) in [5, 5.41) is 6.28. The number of hydrogen-bond acceptors (Lipinski definition) is 3. The first-order valence-corrected chi connectivity index (χ1v) is 7.13. The average molecular weight is 282 g/mol. The lowest BCUT2D eigenvalue weighted by Gasteiger charge is -2.27. The van der Waals surface area contributed by atoms with Gasteiger partial charge in [-0.2, -0.15) is 0 Å². The van der Waals surface area contributed by atoms with Gasteiger partial charge >= 0.3 is 6.09 Å². The number of amides is 1. The van der Waals surface area contributed by atoms with Crippen molar-refractivity contribution in [3.05, 3.63) is 65.7 Å². The predicted octanol–water partition coefficient (Wildman–Crippen LogP) is 3.47. The van der Waals surface area contributed by atoms with E-state index in [2.05, 4.69) is 10.6 Å². The Labute approximate surface area is 124 Å². The maximum Gasteiger partial charge on any atom is 0.407 e. The van der Waals surface area contributed by atoms with Crippen molar-refractivity contribution in [2.45, 2.75) is 19.1 Å². The second-order valence-corrected chi connectivity index (χ2v) is 5.06. The Morgan fingerprint density at radius 3 is 2.76 bits per heavy atom. The minimum atomic E-state index is -0.374. The van der Waals surface area contributed by atoms with E-state index in [9.17, 15) is 4.79 Å². The second-order valence-electron chi connectivity index (χ2n) is 5.06. The van der Waals surface area contributed by atoms with Crippen molar-refractivity contribution in [2.75, 3.05) is 11.9 Å². The molecule has 4 heteroatoms. The van der Waals surface area contributed by atoms with Crippen LogP contribution in [0.5, 0.6) is 0 Å². The minimum absolute atomic E-state index is 0.00530. The summed E-state index contributed by atoms with van der Waals surface area (Å²) < 4.78 is 5.28. The van der Waals surface area contributed by atoms with Crippen LogP contribution in [-0.2, 0) is 11.3 Å². The summed E-state index contributed by atoms with van der Waals surface area (Å²) in [7, 11) is 0. The highest BCUT2D eigenvalue weighted by Crippen LogP contribution is 2.29. The van der Waals surface area contributed by atoms with Crippen molar-refractivity contribution < 1.29 is 9.53 Å². The zero-order valence-corrected chi connectivity index (χ0v) is 11.7. The van der Waals surface area contributed by atoms with Gasteiger partial charge in [-0.05, 0) is 23.6 Å². The van der Waals surface area contributed by atoms with Gasteiger partial charge in [-0.25, -0.2) is 4.79 Å². The van der Waals surface area contributed by atoms with E-state index in [0.29, 0.717) is 6.61 Å². The zero-order valence-electron chi connectivity index (χ0n) is 11.7. The van der Waals surface area contributed by atoms with E-state index in [4.69, 9.17) is 4.74 Å². The molecular weight excluding hydrogens is 264 g/mol. The third-order valence-electron chi connectivity index (χ3n) is 3.59. The van der Waals surface area contributed by atoms with E-state index in [1.165, 1.54) is 0 Å². The number of ether oxygens (including phenoxy) is 1. The Kier molecular flexibility index (Phi) is 4.05. The SMILES string of the molecule is O=C(N[C@@H]1CCNc2ccccc21)OCc1ccccc1. The molecule has 0 fully saturated rings. The fourth-order valence-corrected chi connectivity index (χ4v) is 2.53. The van der Waals surface area contributed by atoms with Gasteiger partial charge in [0.05, 0.1) is 6.04 Å². The first kappa shape index (κ1) is 13.5. The molecule has 0 unspecified atom stereocenters. The lowest BCUT2D eigenvalue weighted by molar-refractivity contribution is 0.135. The van der Waals surface area contributed by atoms with Crippen LogP contribution in [0, 0.1) is 0 Å². The molecule has 0 aliphatic carbocycles. The lowest BCUT2D eigenvalue weighted by Crippen LogP contribution is -2.33. The van der Waals surface area contributed by atoms with Gasteiger partial charge < -0.3 is 15.4 Å². The van der Waals surface area contributed by atoms with E-state index in [0.717, 1.165) is 29.8 Å². The highest BCUT2D eigenvalue weighted by atomic mass is 16.5. The molecule has 1 aliphatic heterocycles. The standard InChI is InChI=1S/C17H18N2O2/c20-17(21-12-13-6-2-1-3-7-13)19-16-10-11-18-15-9-5-4-8-14(15)16/h1-9,16,18H,10-12H2,(H,19,20)/t16-/m1/s1. The third kappa shape index (κ3) is 3.34. The normalized spacial score (nSPS) is 16.5. The highest BCUT2D eigenvalue weighted by molar-refractivity contribution is 5.69. The number of fused-ring (bicyclic) bond motifs is 1. The quantitative estimate of drug-likeness (QED) is 0.906. The summed E-state index contributed by atoms with van der Waals surface area (Å²) >= 11 is 0. The van der Waals surface area contributed by atoms with Crippen molar-refractivity contribution in [1.29, 1.82) is 0 Å². The molecule has 2 N–H and O–H groups in total. The van der Waals surface area contributed by atoms with E-state index in [1.54, 1.807) is 0 Å². The van der Waals surface area contributed by atoms with E-state index >= 15 is 0 Å². The Hall–Kier alpha value is -2.49.